The first-order chi connectivity index (χ1) is 12.3. The van der Waals surface area contributed by atoms with Crippen molar-refractivity contribution in [3.05, 3.63) is 25.3 Å². The maximum absolute atomic E-state index is 12.2. The van der Waals surface area contributed by atoms with E-state index < -0.39 is 19.3 Å². The molecule has 0 aromatic rings. The van der Waals surface area contributed by atoms with Crippen LogP contribution >= 0.6 is 8.25 Å². The predicted molar refractivity (Wildman–Crippen MR) is 104 cm³/mol. The normalized spacial score (nSPS) is 11.9. The lowest BCUT2D eigenvalue weighted by atomic mass is 9.94. The molecule has 0 aromatic carbocycles. The average molecular weight is 388 g/mol. The minimum Gasteiger partial charge on any atom is -0.345 e. The zero-order valence-electron chi connectivity index (χ0n) is 16.4. The van der Waals surface area contributed by atoms with Crippen molar-refractivity contribution in [3.8, 4) is 0 Å². The number of rotatable bonds is 14. The molecule has 0 saturated heterocycles. The third kappa shape index (κ3) is 7.85. The highest BCUT2D eigenvalue weighted by Crippen LogP contribution is 2.30. The average Bonchev–Trinajstić information content (AvgIpc) is 2.67. The molecule has 0 rings (SSSR count). The summed E-state index contributed by atoms with van der Waals surface area (Å²) in [4.78, 5) is 23.2. The van der Waals surface area contributed by atoms with E-state index in [0.29, 0.717) is 25.7 Å². The van der Waals surface area contributed by atoms with E-state index in [-0.39, 0.29) is 25.0 Å². The summed E-state index contributed by atoms with van der Waals surface area (Å²) < 4.78 is 23.0. The molecule has 0 aliphatic carbocycles. The van der Waals surface area contributed by atoms with Crippen LogP contribution in [0.1, 0.15) is 53.4 Å². The lowest BCUT2D eigenvalue weighted by Crippen LogP contribution is -2.51. The van der Waals surface area contributed by atoms with E-state index in [1.165, 1.54) is 12.2 Å². The summed E-state index contributed by atoms with van der Waals surface area (Å²) in [5.41, 5.74) is -1.25. The van der Waals surface area contributed by atoms with E-state index in [1.54, 1.807) is 0 Å². The maximum atomic E-state index is 12.2. The van der Waals surface area contributed by atoms with E-state index >= 15 is 0 Å². The van der Waals surface area contributed by atoms with Crippen LogP contribution in [0.2, 0.25) is 0 Å². The summed E-state index contributed by atoms with van der Waals surface area (Å²) in [6.07, 6.45) is 4.84. The fraction of sp³-hybridized carbons (Fsp3) is 0.667. The monoisotopic (exact) mass is 388 g/mol. The summed E-state index contributed by atoms with van der Waals surface area (Å²) >= 11 is 0. The van der Waals surface area contributed by atoms with E-state index in [2.05, 4.69) is 23.8 Å². The Hall–Kier alpha value is -1.43. The highest BCUT2D eigenvalue weighted by molar-refractivity contribution is 7.33. The predicted octanol–water partition coefficient (Wildman–Crippen LogP) is 3.13. The van der Waals surface area contributed by atoms with Crippen LogP contribution in [-0.2, 0) is 23.2 Å². The summed E-state index contributed by atoms with van der Waals surface area (Å²) in [6, 6.07) is 0. The van der Waals surface area contributed by atoms with Crippen molar-refractivity contribution < 1.29 is 23.2 Å². The lowest BCUT2D eigenvalue weighted by Gasteiger charge is -2.33. The Labute approximate surface area is 157 Å². The molecule has 0 unspecified atom stereocenters. The van der Waals surface area contributed by atoms with Crippen molar-refractivity contribution in [1.82, 2.24) is 10.6 Å². The van der Waals surface area contributed by atoms with Crippen LogP contribution in [-0.4, -0.2) is 36.1 Å². The molecule has 0 fully saturated rings. The quantitative estimate of drug-likeness (QED) is 0.352. The van der Waals surface area contributed by atoms with Gasteiger partial charge in [-0.2, -0.15) is 0 Å². The largest absolute Gasteiger partial charge is 0.345 e. The Kier molecular flexibility index (Phi) is 11.4. The van der Waals surface area contributed by atoms with Gasteiger partial charge in [0.05, 0.1) is 24.3 Å². The summed E-state index contributed by atoms with van der Waals surface area (Å²) in [5, 5.41) is 5.67. The molecule has 0 aliphatic rings. The van der Waals surface area contributed by atoms with E-state index in [9.17, 15) is 14.2 Å². The summed E-state index contributed by atoms with van der Waals surface area (Å²) in [5.74, 6) is -0.609. The SMILES string of the molecule is C=CC(=O)NC(CC)(CC)CO[PH](=O)OCC(CC)(CC)NC(=O)C=C. The van der Waals surface area contributed by atoms with Gasteiger partial charge in [0, 0.05) is 0 Å². The minimum atomic E-state index is -2.78. The van der Waals surface area contributed by atoms with Crippen molar-refractivity contribution in [2.24, 2.45) is 0 Å². The van der Waals surface area contributed by atoms with Gasteiger partial charge in [-0.25, -0.2) is 0 Å². The molecular formula is C18H33N2O5P. The second-order valence-electron chi connectivity index (χ2n) is 6.19. The molecule has 2 N–H and O–H groups in total. The first-order valence-electron chi connectivity index (χ1n) is 8.94. The van der Waals surface area contributed by atoms with Gasteiger partial charge in [-0.1, -0.05) is 40.9 Å². The number of carbonyl (C=O) groups is 2. The molecule has 0 bridgehead atoms. The second kappa shape index (κ2) is 12.0. The van der Waals surface area contributed by atoms with Crippen molar-refractivity contribution >= 4 is 20.1 Å². The van der Waals surface area contributed by atoms with Crippen molar-refractivity contribution in [1.29, 1.82) is 0 Å². The van der Waals surface area contributed by atoms with E-state index in [4.69, 9.17) is 9.05 Å². The molecule has 7 nitrogen and oxygen atoms in total. The maximum Gasteiger partial charge on any atom is 0.319 e. The van der Waals surface area contributed by atoms with Crippen LogP contribution < -0.4 is 10.6 Å². The van der Waals surface area contributed by atoms with Crippen LogP contribution in [0, 0.1) is 0 Å². The van der Waals surface area contributed by atoms with Gasteiger partial charge in [-0.3, -0.25) is 14.2 Å². The van der Waals surface area contributed by atoms with Crippen LogP contribution in [0.5, 0.6) is 0 Å². The summed E-state index contributed by atoms with van der Waals surface area (Å²) in [7, 11) is -2.78. The van der Waals surface area contributed by atoms with Gasteiger partial charge in [0.2, 0.25) is 11.8 Å². The van der Waals surface area contributed by atoms with Crippen molar-refractivity contribution in [2.75, 3.05) is 13.2 Å². The number of hydrogen-bond acceptors (Lipinski definition) is 5. The van der Waals surface area contributed by atoms with Gasteiger partial charge in [0.25, 0.3) is 0 Å². The van der Waals surface area contributed by atoms with E-state index in [1.807, 2.05) is 27.7 Å². The van der Waals surface area contributed by atoms with Crippen LogP contribution in [0.4, 0.5) is 0 Å². The first kappa shape index (κ1) is 24.6. The molecule has 150 valence electrons. The third-order valence-corrected chi connectivity index (χ3v) is 5.55. The van der Waals surface area contributed by atoms with Crippen molar-refractivity contribution in [3.63, 3.8) is 0 Å². The second-order valence-corrected chi connectivity index (χ2v) is 7.27. The number of hydrogen-bond donors (Lipinski definition) is 2. The van der Waals surface area contributed by atoms with Gasteiger partial charge < -0.3 is 19.7 Å². The molecule has 0 heterocycles. The fourth-order valence-corrected chi connectivity index (χ4v) is 3.27. The Morgan fingerprint density at radius 2 is 1.15 bits per heavy atom. The first-order valence-corrected chi connectivity index (χ1v) is 10.2. The molecule has 2 amide bonds. The van der Waals surface area contributed by atoms with Crippen LogP contribution in [0.3, 0.4) is 0 Å². The summed E-state index contributed by atoms with van der Waals surface area (Å²) in [6.45, 7) is 14.7. The smallest absolute Gasteiger partial charge is 0.319 e. The fourth-order valence-electron chi connectivity index (χ4n) is 2.39. The van der Waals surface area contributed by atoms with Crippen molar-refractivity contribution in [2.45, 2.75) is 64.5 Å². The Morgan fingerprint density at radius 1 is 0.846 bits per heavy atom. The molecule has 0 spiro atoms. The van der Waals surface area contributed by atoms with E-state index in [0.717, 1.165) is 0 Å². The molecule has 8 heteroatoms. The zero-order chi connectivity index (χ0) is 20.2. The molecule has 0 saturated carbocycles. The van der Waals surface area contributed by atoms with Gasteiger partial charge >= 0.3 is 8.25 Å². The molecular weight excluding hydrogens is 355 g/mol. The van der Waals surface area contributed by atoms with Gasteiger partial charge in [-0.05, 0) is 37.8 Å². The number of carbonyl (C=O) groups excluding carboxylic acids is 2. The Bertz CT molecular complexity index is 470. The molecule has 0 aromatic heterocycles. The standard InChI is InChI=1S/C18H33N2O5P/c1-7-15(21)19-17(9-3,10-4)13-24-26(23)25-14-18(11-5,12-6)20-16(22)8-2/h7-8,26H,1-2,9-14H2,3-6H3,(H,19,21)(H,20,22). The number of nitrogens with one attached hydrogen (secondary N) is 2. The highest BCUT2D eigenvalue weighted by atomic mass is 31.1. The van der Waals surface area contributed by atoms with Gasteiger partial charge in [0.1, 0.15) is 0 Å². The number of amides is 2. The zero-order valence-corrected chi connectivity index (χ0v) is 17.4. The Morgan fingerprint density at radius 3 is 1.38 bits per heavy atom. The topological polar surface area (TPSA) is 93.7 Å². The molecule has 0 radical (unpaired) electrons. The Balaban J connectivity index is 4.80. The molecule has 0 aliphatic heterocycles. The van der Waals surface area contributed by atoms with Crippen LogP contribution in [0.15, 0.2) is 25.3 Å². The highest BCUT2D eigenvalue weighted by Gasteiger charge is 2.31. The molecule has 0 atom stereocenters. The minimum absolute atomic E-state index is 0.0711. The van der Waals surface area contributed by atoms with Gasteiger partial charge in [-0.15, -0.1) is 0 Å². The van der Waals surface area contributed by atoms with Crippen LogP contribution in [0.25, 0.3) is 0 Å². The third-order valence-electron chi connectivity index (χ3n) is 4.79. The van der Waals surface area contributed by atoms with Gasteiger partial charge in [0.15, 0.2) is 0 Å². The lowest BCUT2D eigenvalue weighted by molar-refractivity contribution is -0.119. The molecule has 26 heavy (non-hydrogen) atoms.